The second-order valence-corrected chi connectivity index (χ2v) is 7.44. The van der Waals surface area contributed by atoms with E-state index in [1.807, 2.05) is 6.92 Å². The average molecular weight is 358 g/mol. The van der Waals surface area contributed by atoms with Gasteiger partial charge in [-0.05, 0) is 50.3 Å². The third-order valence-corrected chi connectivity index (χ3v) is 5.27. The second-order valence-electron chi connectivity index (χ2n) is 7.44. The van der Waals surface area contributed by atoms with Crippen molar-refractivity contribution in [2.24, 2.45) is 0 Å². The minimum Gasteiger partial charge on any atom is -0.350 e. The van der Waals surface area contributed by atoms with Gasteiger partial charge in [-0.15, -0.1) is 0 Å². The Bertz CT molecular complexity index is 750. The van der Waals surface area contributed by atoms with Crippen molar-refractivity contribution in [1.29, 1.82) is 0 Å². The van der Waals surface area contributed by atoms with Crippen LogP contribution in [0.15, 0.2) is 30.6 Å². The molecule has 2 fully saturated rings. The number of rotatable bonds is 5. The van der Waals surface area contributed by atoms with Gasteiger partial charge in [0.25, 0.3) is 0 Å². The molecule has 4 nitrogen and oxygen atoms in total. The largest absolute Gasteiger partial charge is 0.350 e. The lowest BCUT2D eigenvalue weighted by molar-refractivity contribution is 0.200. The van der Waals surface area contributed by atoms with Crippen LogP contribution in [0.3, 0.4) is 0 Å². The molecule has 138 valence electrons. The number of anilines is 1. The van der Waals surface area contributed by atoms with E-state index in [0.29, 0.717) is 24.2 Å². The molecule has 1 aromatic carbocycles. The molecule has 2 aliphatic rings. The van der Waals surface area contributed by atoms with Crippen LogP contribution in [0.5, 0.6) is 0 Å². The molecule has 0 bridgehead atoms. The molecule has 1 aromatic heterocycles. The first-order chi connectivity index (χ1) is 12.6. The molecule has 0 N–H and O–H groups in total. The number of aryl methyl sites for hydroxylation is 1. The monoisotopic (exact) mass is 358 g/mol. The number of hydrogen-bond donors (Lipinski definition) is 0. The fourth-order valence-corrected chi connectivity index (χ4v) is 3.92. The highest BCUT2D eigenvalue weighted by atomic mass is 19.1. The summed E-state index contributed by atoms with van der Waals surface area (Å²) in [6, 6.07) is 6.91. The molecule has 0 spiro atoms. The van der Waals surface area contributed by atoms with Crippen LogP contribution in [-0.4, -0.2) is 40.0 Å². The summed E-state index contributed by atoms with van der Waals surface area (Å²) in [7, 11) is 0. The summed E-state index contributed by atoms with van der Waals surface area (Å²) in [5.41, 5.74) is 1.69. The number of likely N-dealkylation sites (tertiary alicyclic amines) is 1. The van der Waals surface area contributed by atoms with Crippen LogP contribution >= 0.6 is 0 Å². The maximum absolute atomic E-state index is 13.4. The molecule has 6 heteroatoms. The number of halogens is 2. The van der Waals surface area contributed by atoms with E-state index in [1.165, 1.54) is 25.0 Å². The molecule has 0 radical (unpaired) electrons. The number of benzene rings is 1. The predicted octanol–water partition coefficient (Wildman–Crippen LogP) is 3.70. The van der Waals surface area contributed by atoms with Crippen LogP contribution in [0.2, 0.25) is 0 Å². The first kappa shape index (κ1) is 17.3. The Morgan fingerprint density at radius 2 is 1.62 bits per heavy atom. The standard InChI is InChI=1S/C20H24F2N4/c1-14-8-20(24-13-23-14)26(18-2-3-18)19-4-6-25(7-5-19)12-15-9-16(21)11-17(22)10-15/h8-11,13,18-19H,2-7,12H2,1H3. The van der Waals surface area contributed by atoms with E-state index in [-0.39, 0.29) is 0 Å². The smallest absolute Gasteiger partial charge is 0.132 e. The minimum absolute atomic E-state index is 0.470. The highest BCUT2D eigenvalue weighted by Crippen LogP contribution is 2.35. The Hall–Kier alpha value is -2.08. The molecule has 1 aliphatic carbocycles. The maximum Gasteiger partial charge on any atom is 0.132 e. The van der Waals surface area contributed by atoms with E-state index in [4.69, 9.17) is 0 Å². The highest BCUT2D eigenvalue weighted by molar-refractivity contribution is 5.43. The SMILES string of the molecule is Cc1cc(N(C2CC2)C2CCN(Cc3cc(F)cc(F)c3)CC2)ncn1. The van der Waals surface area contributed by atoms with Crippen molar-refractivity contribution in [3.8, 4) is 0 Å². The lowest BCUT2D eigenvalue weighted by Gasteiger charge is -2.39. The molecule has 2 aromatic rings. The Morgan fingerprint density at radius 1 is 0.962 bits per heavy atom. The quantitative estimate of drug-likeness (QED) is 0.816. The second kappa shape index (κ2) is 7.27. The van der Waals surface area contributed by atoms with Gasteiger partial charge in [-0.1, -0.05) is 0 Å². The third-order valence-electron chi connectivity index (χ3n) is 5.27. The van der Waals surface area contributed by atoms with Crippen molar-refractivity contribution in [2.45, 2.75) is 51.2 Å². The predicted molar refractivity (Wildman–Crippen MR) is 96.9 cm³/mol. The fourth-order valence-electron chi connectivity index (χ4n) is 3.92. The number of nitrogens with zero attached hydrogens (tertiary/aromatic N) is 4. The van der Waals surface area contributed by atoms with Crippen LogP contribution in [0, 0.1) is 18.6 Å². The van der Waals surface area contributed by atoms with Crippen LogP contribution in [-0.2, 0) is 6.54 Å². The molecular weight excluding hydrogens is 334 g/mol. The molecule has 2 heterocycles. The first-order valence-electron chi connectivity index (χ1n) is 9.33. The van der Waals surface area contributed by atoms with Gasteiger partial charge in [0.2, 0.25) is 0 Å². The zero-order chi connectivity index (χ0) is 18.1. The third kappa shape index (κ3) is 4.01. The van der Waals surface area contributed by atoms with E-state index in [2.05, 4.69) is 25.8 Å². The summed E-state index contributed by atoms with van der Waals surface area (Å²) < 4.78 is 26.8. The Kier molecular flexibility index (Phi) is 4.85. The summed E-state index contributed by atoms with van der Waals surface area (Å²) in [6.45, 7) is 4.45. The summed E-state index contributed by atoms with van der Waals surface area (Å²) in [5, 5.41) is 0. The van der Waals surface area contributed by atoms with Crippen molar-refractivity contribution in [1.82, 2.24) is 14.9 Å². The van der Waals surface area contributed by atoms with Gasteiger partial charge in [0.1, 0.15) is 23.8 Å². The summed E-state index contributed by atoms with van der Waals surface area (Å²) >= 11 is 0. The Balaban J connectivity index is 1.40. The van der Waals surface area contributed by atoms with E-state index in [9.17, 15) is 8.78 Å². The van der Waals surface area contributed by atoms with Crippen molar-refractivity contribution in [2.75, 3.05) is 18.0 Å². The maximum atomic E-state index is 13.4. The molecule has 1 aliphatic heterocycles. The summed E-state index contributed by atoms with van der Waals surface area (Å²) in [6.07, 6.45) is 6.18. The van der Waals surface area contributed by atoms with Crippen LogP contribution in [0.25, 0.3) is 0 Å². The molecule has 0 atom stereocenters. The molecule has 1 saturated heterocycles. The zero-order valence-corrected chi connectivity index (χ0v) is 15.0. The zero-order valence-electron chi connectivity index (χ0n) is 15.0. The van der Waals surface area contributed by atoms with E-state index < -0.39 is 11.6 Å². The first-order valence-corrected chi connectivity index (χ1v) is 9.33. The average Bonchev–Trinajstić information content (AvgIpc) is 3.41. The van der Waals surface area contributed by atoms with E-state index in [1.54, 1.807) is 6.33 Å². The van der Waals surface area contributed by atoms with Crippen LogP contribution in [0.4, 0.5) is 14.6 Å². The molecule has 26 heavy (non-hydrogen) atoms. The number of hydrogen-bond acceptors (Lipinski definition) is 4. The van der Waals surface area contributed by atoms with Gasteiger partial charge in [0, 0.05) is 49.5 Å². The molecule has 0 unspecified atom stereocenters. The van der Waals surface area contributed by atoms with Gasteiger partial charge in [0.15, 0.2) is 0 Å². The van der Waals surface area contributed by atoms with Crippen molar-refractivity contribution >= 4 is 5.82 Å². The fraction of sp³-hybridized carbons (Fsp3) is 0.500. The van der Waals surface area contributed by atoms with Gasteiger partial charge in [0.05, 0.1) is 0 Å². The van der Waals surface area contributed by atoms with Crippen LogP contribution < -0.4 is 4.90 Å². The van der Waals surface area contributed by atoms with Gasteiger partial charge in [-0.2, -0.15) is 0 Å². The topological polar surface area (TPSA) is 32.3 Å². The van der Waals surface area contributed by atoms with Gasteiger partial charge >= 0.3 is 0 Å². The normalized spacial score (nSPS) is 18.9. The summed E-state index contributed by atoms with van der Waals surface area (Å²) in [4.78, 5) is 13.5. The van der Waals surface area contributed by atoms with Crippen molar-refractivity contribution in [3.05, 3.63) is 53.5 Å². The number of aromatic nitrogens is 2. The molecular formula is C20H24F2N4. The van der Waals surface area contributed by atoms with E-state index in [0.717, 1.165) is 43.5 Å². The van der Waals surface area contributed by atoms with Crippen molar-refractivity contribution in [3.63, 3.8) is 0 Å². The Labute approximate surface area is 152 Å². The summed E-state index contributed by atoms with van der Waals surface area (Å²) in [5.74, 6) is 0.0218. The molecule has 4 rings (SSSR count). The van der Waals surface area contributed by atoms with Crippen LogP contribution in [0.1, 0.15) is 36.9 Å². The van der Waals surface area contributed by atoms with Gasteiger partial charge in [-0.3, -0.25) is 4.90 Å². The van der Waals surface area contributed by atoms with E-state index >= 15 is 0 Å². The lowest BCUT2D eigenvalue weighted by atomic mass is 10.0. The molecule has 1 saturated carbocycles. The number of piperidine rings is 1. The lowest BCUT2D eigenvalue weighted by Crippen LogP contribution is -2.46. The van der Waals surface area contributed by atoms with Gasteiger partial charge in [-0.25, -0.2) is 18.7 Å². The minimum atomic E-state index is -0.506. The Morgan fingerprint density at radius 3 is 2.23 bits per heavy atom. The van der Waals surface area contributed by atoms with Gasteiger partial charge < -0.3 is 4.90 Å². The highest BCUT2D eigenvalue weighted by Gasteiger charge is 2.36. The van der Waals surface area contributed by atoms with Crippen molar-refractivity contribution < 1.29 is 8.78 Å². The molecule has 0 amide bonds.